The number of anilines is 1. The van der Waals surface area contributed by atoms with Crippen molar-refractivity contribution in [1.29, 1.82) is 0 Å². The van der Waals surface area contributed by atoms with Gasteiger partial charge in [-0.3, -0.25) is 9.69 Å². The summed E-state index contributed by atoms with van der Waals surface area (Å²) in [6, 6.07) is 13.2. The predicted octanol–water partition coefficient (Wildman–Crippen LogP) is 2.56. The van der Waals surface area contributed by atoms with Crippen LogP contribution in [0, 0.1) is 0 Å². The monoisotopic (exact) mass is 425 g/mol. The first-order valence-corrected chi connectivity index (χ1v) is 9.90. The van der Waals surface area contributed by atoms with E-state index in [2.05, 4.69) is 21.2 Å². The highest BCUT2D eigenvalue weighted by molar-refractivity contribution is 9.10. The number of rotatable bonds is 6. The highest BCUT2D eigenvalue weighted by Crippen LogP contribution is 2.19. The van der Waals surface area contributed by atoms with Crippen molar-refractivity contribution in [2.24, 2.45) is 5.14 Å². The molecular weight excluding hydrogens is 406 g/mol. The van der Waals surface area contributed by atoms with E-state index >= 15 is 0 Å². The van der Waals surface area contributed by atoms with Gasteiger partial charge in [0, 0.05) is 16.7 Å². The van der Waals surface area contributed by atoms with Gasteiger partial charge in [-0.2, -0.15) is 0 Å². The molecule has 0 radical (unpaired) electrons. The molecule has 1 unspecified atom stereocenters. The number of hydrogen-bond donors (Lipinski definition) is 2. The summed E-state index contributed by atoms with van der Waals surface area (Å²) >= 11 is 3.50. The number of carbonyl (C=O) groups is 1. The van der Waals surface area contributed by atoms with Crippen molar-refractivity contribution < 1.29 is 13.2 Å². The van der Waals surface area contributed by atoms with Gasteiger partial charge in [-0.05, 0) is 49.9 Å². The van der Waals surface area contributed by atoms with Gasteiger partial charge >= 0.3 is 0 Å². The third-order valence-corrected chi connectivity index (χ3v) is 5.57. The Morgan fingerprint density at radius 3 is 2.36 bits per heavy atom. The zero-order valence-electron chi connectivity index (χ0n) is 13.9. The molecule has 134 valence electrons. The number of nitrogens with two attached hydrogens (primary N) is 1. The molecule has 3 N–H and O–H groups in total. The minimum atomic E-state index is -3.74. The molecule has 0 saturated carbocycles. The van der Waals surface area contributed by atoms with Gasteiger partial charge in [0.25, 0.3) is 0 Å². The Kier molecular flexibility index (Phi) is 6.34. The zero-order chi connectivity index (χ0) is 18.6. The minimum absolute atomic E-state index is 0.00425. The molecule has 0 aliphatic heterocycles. The number of carbonyl (C=O) groups excluding carboxylic acids is 1. The maximum atomic E-state index is 12.4. The number of amides is 1. The van der Waals surface area contributed by atoms with Crippen LogP contribution in [0.5, 0.6) is 0 Å². The van der Waals surface area contributed by atoms with Crippen LogP contribution >= 0.6 is 15.9 Å². The summed E-state index contributed by atoms with van der Waals surface area (Å²) in [5, 5.41) is 7.83. The van der Waals surface area contributed by atoms with E-state index in [9.17, 15) is 13.2 Å². The molecule has 25 heavy (non-hydrogen) atoms. The number of nitrogens with zero attached hydrogens (tertiary/aromatic N) is 1. The lowest BCUT2D eigenvalue weighted by Gasteiger charge is -2.24. The highest BCUT2D eigenvalue weighted by atomic mass is 79.9. The van der Waals surface area contributed by atoms with Crippen molar-refractivity contribution in [2.45, 2.75) is 24.4 Å². The highest BCUT2D eigenvalue weighted by Gasteiger charge is 2.19. The Morgan fingerprint density at radius 1 is 1.20 bits per heavy atom. The molecule has 0 heterocycles. The van der Waals surface area contributed by atoms with Gasteiger partial charge in [0.15, 0.2) is 0 Å². The fourth-order valence-corrected chi connectivity index (χ4v) is 3.13. The fourth-order valence-electron chi connectivity index (χ4n) is 2.21. The number of hydrogen-bond acceptors (Lipinski definition) is 4. The average molecular weight is 426 g/mol. The number of benzene rings is 2. The van der Waals surface area contributed by atoms with Crippen LogP contribution in [-0.4, -0.2) is 32.3 Å². The SMILES string of the molecule is CC(C(=O)Nc1ccc(S(N)(=O)=O)cc1)N(C)Cc1ccccc1Br. The van der Waals surface area contributed by atoms with Crippen LogP contribution in [0.3, 0.4) is 0 Å². The normalized spacial score (nSPS) is 12.8. The summed E-state index contributed by atoms with van der Waals surface area (Å²) < 4.78 is 23.5. The van der Waals surface area contributed by atoms with Gasteiger partial charge in [-0.25, -0.2) is 13.6 Å². The zero-order valence-corrected chi connectivity index (χ0v) is 16.3. The molecule has 0 fully saturated rings. The summed E-state index contributed by atoms with van der Waals surface area (Å²) in [7, 11) is -1.87. The van der Waals surface area contributed by atoms with Crippen LogP contribution < -0.4 is 10.5 Å². The smallest absolute Gasteiger partial charge is 0.241 e. The lowest BCUT2D eigenvalue weighted by atomic mass is 10.2. The van der Waals surface area contributed by atoms with Crippen molar-refractivity contribution in [2.75, 3.05) is 12.4 Å². The summed E-state index contributed by atoms with van der Waals surface area (Å²) in [4.78, 5) is 14.3. The van der Waals surface area contributed by atoms with Gasteiger partial charge in [-0.15, -0.1) is 0 Å². The van der Waals surface area contributed by atoms with Crippen molar-refractivity contribution in [3.05, 3.63) is 58.6 Å². The van der Waals surface area contributed by atoms with E-state index in [0.717, 1.165) is 10.0 Å². The maximum absolute atomic E-state index is 12.4. The summed E-state index contributed by atoms with van der Waals surface area (Å²) in [5.74, 6) is -0.182. The van der Waals surface area contributed by atoms with E-state index in [1.54, 1.807) is 0 Å². The molecule has 6 nitrogen and oxygen atoms in total. The Bertz CT molecular complexity index is 854. The van der Waals surface area contributed by atoms with Crippen LogP contribution in [0.1, 0.15) is 12.5 Å². The van der Waals surface area contributed by atoms with Gasteiger partial charge < -0.3 is 5.32 Å². The Hall–Kier alpha value is -1.74. The molecule has 0 aliphatic carbocycles. The molecule has 0 aliphatic rings. The van der Waals surface area contributed by atoms with Crippen LogP contribution in [0.25, 0.3) is 0 Å². The molecule has 0 bridgehead atoms. The van der Waals surface area contributed by atoms with E-state index in [0.29, 0.717) is 12.2 Å². The first-order valence-electron chi connectivity index (χ1n) is 7.56. The molecule has 1 amide bonds. The third-order valence-electron chi connectivity index (χ3n) is 3.87. The number of primary sulfonamides is 1. The van der Waals surface area contributed by atoms with Crippen LogP contribution in [0.4, 0.5) is 5.69 Å². The summed E-state index contributed by atoms with van der Waals surface area (Å²) in [5.41, 5.74) is 1.60. The second-order valence-electron chi connectivity index (χ2n) is 5.74. The molecule has 0 saturated heterocycles. The average Bonchev–Trinajstić information content (AvgIpc) is 2.55. The van der Waals surface area contributed by atoms with Crippen molar-refractivity contribution >= 4 is 37.5 Å². The molecular formula is C17H20BrN3O3S. The lowest BCUT2D eigenvalue weighted by Crippen LogP contribution is -2.39. The van der Waals surface area contributed by atoms with Crippen molar-refractivity contribution in [3.63, 3.8) is 0 Å². The van der Waals surface area contributed by atoms with Crippen LogP contribution in [-0.2, 0) is 21.4 Å². The van der Waals surface area contributed by atoms with E-state index in [1.807, 2.05) is 43.1 Å². The lowest BCUT2D eigenvalue weighted by molar-refractivity contribution is -0.120. The van der Waals surface area contributed by atoms with Crippen LogP contribution in [0.2, 0.25) is 0 Å². The second-order valence-corrected chi connectivity index (χ2v) is 8.16. The summed E-state index contributed by atoms with van der Waals surface area (Å²) in [6.45, 7) is 2.42. The van der Waals surface area contributed by atoms with Crippen molar-refractivity contribution in [3.8, 4) is 0 Å². The molecule has 8 heteroatoms. The Labute approximate surface area is 156 Å². The first kappa shape index (κ1) is 19.6. The fraction of sp³-hybridized carbons (Fsp3) is 0.235. The predicted molar refractivity (Wildman–Crippen MR) is 102 cm³/mol. The first-order chi connectivity index (χ1) is 11.7. The Morgan fingerprint density at radius 2 is 1.80 bits per heavy atom. The van der Waals surface area contributed by atoms with Crippen molar-refractivity contribution in [1.82, 2.24) is 4.90 Å². The molecule has 0 aromatic heterocycles. The van der Waals surface area contributed by atoms with Gasteiger partial charge in [0.2, 0.25) is 15.9 Å². The largest absolute Gasteiger partial charge is 0.325 e. The molecule has 1 atom stereocenters. The number of nitrogens with one attached hydrogen (secondary N) is 1. The molecule has 2 rings (SSSR count). The number of halogens is 1. The van der Waals surface area contributed by atoms with E-state index < -0.39 is 10.0 Å². The standard InChI is InChI=1S/C17H20BrN3O3S/c1-12(21(2)11-13-5-3-4-6-16(13)18)17(22)20-14-7-9-15(10-8-14)25(19,23)24/h3-10,12H,11H2,1-2H3,(H,20,22)(H2,19,23,24). The summed E-state index contributed by atoms with van der Waals surface area (Å²) in [6.07, 6.45) is 0. The van der Waals surface area contributed by atoms with Gasteiger partial charge in [0.05, 0.1) is 10.9 Å². The van der Waals surface area contributed by atoms with Gasteiger partial charge in [-0.1, -0.05) is 34.1 Å². The van der Waals surface area contributed by atoms with E-state index in [-0.39, 0.29) is 16.8 Å². The molecule has 0 spiro atoms. The Balaban J connectivity index is 2.01. The molecule has 2 aromatic carbocycles. The second kappa shape index (κ2) is 8.09. The maximum Gasteiger partial charge on any atom is 0.241 e. The quantitative estimate of drug-likeness (QED) is 0.743. The number of sulfonamides is 1. The van der Waals surface area contributed by atoms with E-state index in [4.69, 9.17) is 5.14 Å². The van der Waals surface area contributed by atoms with E-state index in [1.165, 1.54) is 24.3 Å². The topological polar surface area (TPSA) is 92.5 Å². The third kappa shape index (κ3) is 5.37. The minimum Gasteiger partial charge on any atom is -0.325 e. The number of likely N-dealkylation sites (N-methyl/N-ethyl adjacent to an activating group) is 1. The van der Waals surface area contributed by atoms with Gasteiger partial charge in [0.1, 0.15) is 0 Å². The molecule has 2 aromatic rings. The van der Waals surface area contributed by atoms with Crippen LogP contribution in [0.15, 0.2) is 57.9 Å².